The molecule has 0 fully saturated rings. The summed E-state index contributed by atoms with van der Waals surface area (Å²) in [7, 11) is 0. The number of hydrogen-bond acceptors (Lipinski definition) is 5. The third kappa shape index (κ3) is 2.16. The molecule has 6 nitrogen and oxygen atoms in total. The highest BCUT2D eigenvalue weighted by Gasteiger charge is 2.13. The Morgan fingerprint density at radius 3 is 2.53 bits per heavy atom. The van der Waals surface area contributed by atoms with Gasteiger partial charge in [0.15, 0.2) is 11.5 Å². The molecule has 0 bridgehead atoms. The Labute approximate surface area is 85.6 Å². The van der Waals surface area contributed by atoms with Gasteiger partial charge in [-0.1, -0.05) is 12.6 Å². The molecule has 15 heavy (non-hydrogen) atoms. The summed E-state index contributed by atoms with van der Waals surface area (Å²) in [4.78, 5) is 18.3. The molecule has 0 aliphatic heterocycles. The van der Waals surface area contributed by atoms with Gasteiger partial charge < -0.3 is 9.63 Å². The lowest BCUT2D eigenvalue weighted by molar-refractivity contribution is 0.0652. The molecule has 2 rings (SSSR count). The van der Waals surface area contributed by atoms with Crippen molar-refractivity contribution in [2.75, 3.05) is 0 Å². The quantitative estimate of drug-likeness (QED) is 0.801. The smallest absolute Gasteiger partial charge is 0.374 e. The maximum atomic E-state index is 10.5. The van der Waals surface area contributed by atoms with E-state index < -0.39 is 5.97 Å². The van der Waals surface area contributed by atoms with Crippen LogP contribution in [-0.2, 0) is 0 Å². The van der Waals surface area contributed by atoms with Crippen LogP contribution in [0, 0.1) is 0 Å². The largest absolute Gasteiger partial charge is 0.475 e. The zero-order valence-electron chi connectivity index (χ0n) is 6.91. The molecule has 0 aliphatic rings. The molecule has 1 N–H and O–H groups in total. The van der Waals surface area contributed by atoms with Crippen LogP contribution >= 0.6 is 0 Å². The van der Waals surface area contributed by atoms with E-state index in [0.29, 0.717) is 11.5 Å². The lowest BCUT2D eigenvalue weighted by Gasteiger charge is -1.88. The fraction of sp³-hybridized carbons (Fsp3) is 0.111. The molecule has 2 aromatic rings. The molecule has 0 saturated heterocycles. The lowest BCUT2D eigenvalue weighted by atomic mass is 10.3. The van der Waals surface area contributed by atoms with Crippen LogP contribution in [0.5, 0.6) is 0 Å². The molecule has 0 amide bonds. The number of hydrogen-bond donors (Lipinski definition) is 1. The molecular weight excluding hydrogens is 198 g/mol. The zero-order chi connectivity index (χ0) is 9.97. The van der Waals surface area contributed by atoms with Crippen LogP contribution in [0.4, 0.5) is 0 Å². The summed E-state index contributed by atoms with van der Waals surface area (Å²) in [5.74, 6) is -1.06. The summed E-state index contributed by atoms with van der Waals surface area (Å²) in [5.41, 5.74) is 0.308. The highest BCUT2D eigenvalue weighted by Crippen LogP contribution is 2.13. The van der Waals surface area contributed by atoms with E-state index in [1.807, 2.05) is 0 Å². The van der Waals surface area contributed by atoms with Crippen LogP contribution in [0.15, 0.2) is 29.0 Å². The first kappa shape index (κ1) is 10.8. The number of carboxylic acids is 1. The summed E-state index contributed by atoms with van der Waals surface area (Å²) in [6, 6.07) is 2.93. The minimum atomic E-state index is -1.17. The summed E-state index contributed by atoms with van der Waals surface area (Å²) >= 11 is 0. The monoisotopic (exact) mass is 207 g/mol. The SMILES string of the molecule is C.O=C(O)c1cc(-c2ncccn2)no1. The van der Waals surface area contributed by atoms with Gasteiger partial charge in [-0.2, -0.15) is 0 Å². The van der Waals surface area contributed by atoms with Crippen molar-refractivity contribution in [3.8, 4) is 11.5 Å². The fourth-order valence-electron chi connectivity index (χ4n) is 0.913. The first-order valence-corrected chi connectivity index (χ1v) is 3.75. The van der Waals surface area contributed by atoms with Crippen molar-refractivity contribution in [1.29, 1.82) is 0 Å². The van der Waals surface area contributed by atoms with Crippen molar-refractivity contribution in [3.05, 3.63) is 30.3 Å². The summed E-state index contributed by atoms with van der Waals surface area (Å²) < 4.78 is 4.55. The van der Waals surface area contributed by atoms with Crippen LogP contribution in [0.3, 0.4) is 0 Å². The van der Waals surface area contributed by atoms with Gasteiger partial charge in [0.25, 0.3) is 0 Å². The number of carboxylic acid groups (broad SMARTS) is 1. The van der Waals surface area contributed by atoms with Gasteiger partial charge in [0.2, 0.25) is 5.76 Å². The van der Waals surface area contributed by atoms with Gasteiger partial charge in [-0.25, -0.2) is 14.8 Å². The Morgan fingerprint density at radius 2 is 2.00 bits per heavy atom. The van der Waals surface area contributed by atoms with Crippen LogP contribution in [-0.4, -0.2) is 26.2 Å². The molecule has 0 spiro atoms. The Morgan fingerprint density at radius 1 is 1.33 bits per heavy atom. The van der Waals surface area contributed by atoms with E-state index in [1.54, 1.807) is 6.07 Å². The molecule has 78 valence electrons. The van der Waals surface area contributed by atoms with E-state index in [-0.39, 0.29) is 13.2 Å². The van der Waals surface area contributed by atoms with Gasteiger partial charge in [0.05, 0.1) is 0 Å². The maximum absolute atomic E-state index is 10.5. The van der Waals surface area contributed by atoms with E-state index in [4.69, 9.17) is 5.11 Å². The van der Waals surface area contributed by atoms with Crippen LogP contribution in [0.1, 0.15) is 18.0 Å². The topological polar surface area (TPSA) is 89.1 Å². The predicted molar refractivity (Wildman–Crippen MR) is 51.2 cm³/mol. The molecule has 0 atom stereocenters. The minimum Gasteiger partial charge on any atom is -0.475 e. The minimum absolute atomic E-state index is 0. The van der Waals surface area contributed by atoms with Gasteiger partial charge >= 0.3 is 5.97 Å². The van der Waals surface area contributed by atoms with E-state index in [2.05, 4.69) is 19.6 Å². The molecule has 2 aromatic heterocycles. The Bertz CT molecular complexity index is 453. The second kappa shape index (κ2) is 4.32. The zero-order valence-corrected chi connectivity index (χ0v) is 6.91. The highest BCUT2D eigenvalue weighted by atomic mass is 16.5. The average molecular weight is 207 g/mol. The molecule has 0 aromatic carbocycles. The molecule has 0 saturated carbocycles. The van der Waals surface area contributed by atoms with Gasteiger partial charge in [0, 0.05) is 18.5 Å². The van der Waals surface area contributed by atoms with E-state index in [1.165, 1.54) is 18.5 Å². The lowest BCUT2D eigenvalue weighted by Crippen LogP contribution is -1.91. The molecular formula is C9H9N3O3. The highest BCUT2D eigenvalue weighted by molar-refractivity contribution is 5.85. The number of rotatable bonds is 2. The van der Waals surface area contributed by atoms with Crippen molar-refractivity contribution < 1.29 is 14.4 Å². The second-order valence-corrected chi connectivity index (χ2v) is 2.45. The van der Waals surface area contributed by atoms with Crippen molar-refractivity contribution >= 4 is 5.97 Å². The van der Waals surface area contributed by atoms with Gasteiger partial charge in [-0.05, 0) is 6.07 Å². The number of aromatic nitrogens is 3. The van der Waals surface area contributed by atoms with E-state index >= 15 is 0 Å². The predicted octanol–water partition coefficient (Wildman–Crippen LogP) is 1.47. The number of nitrogens with zero attached hydrogens (tertiary/aromatic N) is 3. The summed E-state index contributed by atoms with van der Waals surface area (Å²) in [6.07, 6.45) is 3.08. The maximum Gasteiger partial charge on any atom is 0.374 e. The van der Waals surface area contributed by atoms with E-state index in [0.717, 1.165) is 0 Å². The third-order valence-corrected chi connectivity index (χ3v) is 1.52. The van der Waals surface area contributed by atoms with Crippen LogP contribution in [0.25, 0.3) is 11.5 Å². The number of carbonyl (C=O) groups is 1. The van der Waals surface area contributed by atoms with Crippen molar-refractivity contribution in [2.24, 2.45) is 0 Å². The number of aromatic carboxylic acids is 1. The van der Waals surface area contributed by atoms with Crippen molar-refractivity contribution in [1.82, 2.24) is 15.1 Å². The molecule has 0 radical (unpaired) electrons. The Hall–Kier alpha value is -2.24. The average Bonchev–Trinajstić information content (AvgIpc) is 2.68. The molecule has 2 heterocycles. The molecule has 0 unspecified atom stereocenters. The third-order valence-electron chi connectivity index (χ3n) is 1.52. The Kier molecular flexibility index (Phi) is 3.12. The normalized spacial score (nSPS) is 9.33. The summed E-state index contributed by atoms with van der Waals surface area (Å²) in [5, 5.41) is 12.1. The summed E-state index contributed by atoms with van der Waals surface area (Å²) in [6.45, 7) is 0. The molecule has 6 heteroatoms. The fourth-order valence-corrected chi connectivity index (χ4v) is 0.913. The van der Waals surface area contributed by atoms with Crippen molar-refractivity contribution in [2.45, 2.75) is 7.43 Å². The van der Waals surface area contributed by atoms with Crippen LogP contribution < -0.4 is 0 Å². The Balaban J connectivity index is 0.00000112. The first-order valence-electron chi connectivity index (χ1n) is 3.75. The standard InChI is InChI=1S/C8H5N3O3.CH4/c12-8(13)6-4-5(11-14-6)7-9-2-1-3-10-7;/h1-4H,(H,12,13);1H4. The van der Waals surface area contributed by atoms with Gasteiger partial charge in [-0.15, -0.1) is 0 Å². The van der Waals surface area contributed by atoms with Gasteiger partial charge in [-0.3, -0.25) is 0 Å². The van der Waals surface area contributed by atoms with Crippen molar-refractivity contribution in [3.63, 3.8) is 0 Å². The first-order chi connectivity index (χ1) is 6.77. The molecule has 0 aliphatic carbocycles. The van der Waals surface area contributed by atoms with E-state index in [9.17, 15) is 4.79 Å². The van der Waals surface area contributed by atoms with Crippen LogP contribution in [0.2, 0.25) is 0 Å². The second-order valence-electron chi connectivity index (χ2n) is 2.45. The van der Waals surface area contributed by atoms with Gasteiger partial charge in [0.1, 0.15) is 0 Å².